The van der Waals surface area contributed by atoms with Crippen molar-refractivity contribution in [2.45, 2.75) is 62.0 Å². The maximum absolute atomic E-state index is 12.4. The molecule has 0 bridgehead atoms. The molecule has 0 spiro atoms. The van der Waals surface area contributed by atoms with Crippen LogP contribution in [0.4, 0.5) is 0 Å². The molecule has 5 nitrogen and oxygen atoms in total. The Kier molecular flexibility index (Phi) is 5.58. The Morgan fingerprint density at radius 2 is 2.24 bits per heavy atom. The number of aromatic nitrogens is 2. The summed E-state index contributed by atoms with van der Waals surface area (Å²) in [6.45, 7) is 6.38. The van der Waals surface area contributed by atoms with E-state index in [1.54, 1.807) is 24.2 Å². The molecule has 0 aliphatic heterocycles. The third kappa shape index (κ3) is 4.17. The lowest BCUT2D eigenvalue weighted by molar-refractivity contribution is -0.151. The molecule has 0 amide bonds. The third-order valence-electron chi connectivity index (χ3n) is 3.51. The van der Waals surface area contributed by atoms with E-state index in [0.29, 0.717) is 11.9 Å². The predicted octanol–water partition coefficient (Wildman–Crippen LogP) is 2.42. The van der Waals surface area contributed by atoms with Gasteiger partial charge in [0.2, 0.25) is 0 Å². The minimum absolute atomic E-state index is 0.129. The van der Waals surface area contributed by atoms with E-state index in [4.69, 9.17) is 4.74 Å². The molecule has 1 fully saturated rings. The number of carbonyl (C=O) groups is 1. The van der Waals surface area contributed by atoms with E-state index in [1.165, 1.54) is 0 Å². The minimum Gasteiger partial charge on any atom is -0.465 e. The number of rotatable bonds is 6. The van der Waals surface area contributed by atoms with Crippen LogP contribution in [-0.4, -0.2) is 39.4 Å². The fourth-order valence-corrected chi connectivity index (χ4v) is 3.94. The zero-order chi connectivity index (χ0) is 15.3. The lowest BCUT2D eigenvalue weighted by atomic mass is 9.96. The van der Waals surface area contributed by atoms with E-state index >= 15 is 0 Å². The van der Waals surface area contributed by atoms with Gasteiger partial charge in [0.15, 0.2) is 5.16 Å². The zero-order valence-corrected chi connectivity index (χ0v) is 13.7. The largest absolute Gasteiger partial charge is 0.465 e. The summed E-state index contributed by atoms with van der Waals surface area (Å²) >= 11 is 1.65. The van der Waals surface area contributed by atoms with Crippen LogP contribution in [-0.2, 0) is 9.53 Å². The summed E-state index contributed by atoms with van der Waals surface area (Å²) in [5, 5.41) is 4.53. The second-order valence-corrected chi connectivity index (χ2v) is 6.88. The second-order valence-electron chi connectivity index (χ2n) is 5.62. The van der Waals surface area contributed by atoms with Crippen LogP contribution in [0.25, 0.3) is 0 Å². The minimum atomic E-state index is -0.559. The third-order valence-corrected chi connectivity index (χ3v) is 4.67. The van der Waals surface area contributed by atoms with Crippen LogP contribution >= 0.6 is 11.8 Å². The average Bonchev–Trinajstić information content (AvgIpc) is 2.83. The Morgan fingerprint density at radius 3 is 2.86 bits per heavy atom. The molecule has 116 valence electrons. The van der Waals surface area contributed by atoms with Crippen molar-refractivity contribution in [2.24, 2.45) is 0 Å². The van der Waals surface area contributed by atoms with Gasteiger partial charge in [-0.3, -0.25) is 10.1 Å². The van der Waals surface area contributed by atoms with Gasteiger partial charge in [-0.2, -0.15) is 0 Å². The van der Waals surface area contributed by atoms with E-state index in [2.05, 4.69) is 29.1 Å². The number of hydrogen-bond acceptors (Lipinski definition) is 6. The monoisotopic (exact) mass is 309 g/mol. The molecule has 1 aromatic heterocycles. The normalized spacial score (nSPS) is 25.2. The van der Waals surface area contributed by atoms with Gasteiger partial charge in [-0.15, -0.1) is 0 Å². The zero-order valence-electron chi connectivity index (χ0n) is 12.8. The Bertz CT molecular complexity index is 469. The van der Waals surface area contributed by atoms with Crippen LogP contribution in [0.1, 0.15) is 40.0 Å². The van der Waals surface area contributed by atoms with Crippen LogP contribution in [0.5, 0.6) is 0 Å². The second kappa shape index (κ2) is 7.22. The summed E-state index contributed by atoms with van der Waals surface area (Å²) in [4.78, 5) is 20.9. The van der Waals surface area contributed by atoms with Gasteiger partial charge in [0.1, 0.15) is 5.54 Å². The van der Waals surface area contributed by atoms with Crippen molar-refractivity contribution in [3.63, 3.8) is 0 Å². The SMILES string of the molecule is CCOC(=O)C1(NC(C)C)CCC(Sc2ncccn2)C1. The number of ether oxygens (including phenoxy) is 1. The lowest BCUT2D eigenvalue weighted by Gasteiger charge is -2.30. The van der Waals surface area contributed by atoms with Gasteiger partial charge in [-0.05, 0) is 46.1 Å². The van der Waals surface area contributed by atoms with Gasteiger partial charge in [0.05, 0.1) is 6.61 Å². The number of nitrogens with one attached hydrogen (secondary N) is 1. The van der Waals surface area contributed by atoms with Gasteiger partial charge < -0.3 is 4.74 Å². The van der Waals surface area contributed by atoms with Gasteiger partial charge >= 0.3 is 5.97 Å². The Hall–Kier alpha value is -1.14. The summed E-state index contributed by atoms with van der Waals surface area (Å²) in [7, 11) is 0. The quantitative estimate of drug-likeness (QED) is 0.643. The summed E-state index contributed by atoms with van der Waals surface area (Å²) in [5.74, 6) is -0.129. The van der Waals surface area contributed by atoms with Crippen molar-refractivity contribution in [3.8, 4) is 0 Å². The Balaban J connectivity index is 2.05. The summed E-state index contributed by atoms with van der Waals surface area (Å²) in [5.41, 5.74) is -0.559. The first-order valence-electron chi connectivity index (χ1n) is 7.44. The van der Waals surface area contributed by atoms with Crippen molar-refractivity contribution >= 4 is 17.7 Å². The molecule has 0 saturated heterocycles. The number of esters is 1. The van der Waals surface area contributed by atoms with Crippen LogP contribution in [0, 0.1) is 0 Å². The van der Waals surface area contributed by atoms with Crippen LogP contribution in [0.2, 0.25) is 0 Å². The molecule has 2 atom stereocenters. The van der Waals surface area contributed by atoms with Crippen LogP contribution in [0.3, 0.4) is 0 Å². The molecule has 1 heterocycles. The number of carbonyl (C=O) groups excluding carboxylic acids is 1. The topological polar surface area (TPSA) is 64.1 Å². The molecule has 2 unspecified atom stereocenters. The average molecular weight is 309 g/mol. The molecule has 21 heavy (non-hydrogen) atoms. The number of hydrogen-bond donors (Lipinski definition) is 1. The lowest BCUT2D eigenvalue weighted by Crippen LogP contribution is -2.54. The molecule has 0 aromatic carbocycles. The smallest absolute Gasteiger partial charge is 0.326 e. The van der Waals surface area contributed by atoms with Gasteiger partial charge in [-0.1, -0.05) is 11.8 Å². The highest BCUT2D eigenvalue weighted by Crippen LogP contribution is 2.40. The first kappa shape index (κ1) is 16.2. The Labute approximate surface area is 130 Å². The molecular weight excluding hydrogens is 286 g/mol. The summed E-state index contributed by atoms with van der Waals surface area (Å²) in [6.07, 6.45) is 6.01. The fourth-order valence-electron chi connectivity index (χ4n) is 2.79. The van der Waals surface area contributed by atoms with E-state index in [9.17, 15) is 4.79 Å². The van der Waals surface area contributed by atoms with Gasteiger partial charge in [0, 0.05) is 23.7 Å². The van der Waals surface area contributed by atoms with Crippen molar-refractivity contribution in [1.29, 1.82) is 0 Å². The maximum atomic E-state index is 12.4. The van der Waals surface area contributed by atoms with E-state index in [0.717, 1.165) is 24.4 Å². The van der Waals surface area contributed by atoms with Crippen molar-refractivity contribution in [3.05, 3.63) is 18.5 Å². The van der Waals surface area contributed by atoms with E-state index in [-0.39, 0.29) is 12.0 Å². The van der Waals surface area contributed by atoms with Crippen LogP contribution in [0.15, 0.2) is 23.6 Å². The highest BCUT2D eigenvalue weighted by molar-refractivity contribution is 7.99. The molecule has 1 aliphatic rings. The first-order chi connectivity index (χ1) is 10.1. The first-order valence-corrected chi connectivity index (χ1v) is 8.32. The van der Waals surface area contributed by atoms with Crippen molar-refractivity contribution < 1.29 is 9.53 Å². The molecular formula is C15H23N3O2S. The maximum Gasteiger partial charge on any atom is 0.326 e. The highest BCUT2D eigenvalue weighted by atomic mass is 32.2. The standard InChI is InChI=1S/C15H23N3O2S/c1-4-20-13(19)15(18-11(2)3)7-6-12(10-15)21-14-16-8-5-9-17-14/h5,8-9,11-12,18H,4,6-7,10H2,1-3H3. The van der Waals surface area contributed by atoms with E-state index in [1.807, 2.05) is 13.0 Å². The van der Waals surface area contributed by atoms with Crippen molar-refractivity contribution in [1.82, 2.24) is 15.3 Å². The van der Waals surface area contributed by atoms with Gasteiger partial charge in [-0.25, -0.2) is 9.97 Å². The molecule has 1 aliphatic carbocycles. The molecule has 0 radical (unpaired) electrons. The molecule has 6 heteroatoms. The number of nitrogens with zero attached hydrogens (tertiary/aromatic N) is 2. The molecule has 2 rings (SSSR count). The van der Waals surface area contributed by atoms with Crippen molar-refractivity contribution in [2.75, 3.05) is 6.61 Å². The van der Waals surface area contributed by atoms with E-state index < -0.39 is 5.54 Å². The molecule has 1 N–H and O–H groups in total. The Morgan fingerprint density at radius 1 is 1.52 bits per heavy atom. The molecule has 1 aromatic rings. The molecule has 1 saturated carbocycles. The summed E-state index contributed by atoms with van der Waals surface area (Å²) < 4.78 is 5.29. The van der Waals surface area contributed by atoms with Crippen LogP contribution < -0.4 is 5.32 Å². The highest BCUT2D eigenvalue weighted by Gasteiger charge is 2.47. The predicted molar refractivity (Wildman–Crippen MR) is 83.2 cm³/mol. The summed E-state index contributed by atoms with van der Waals surface area (Å²) in [6, 6.07) is 2.05. The fraction of sp³-hybridized carbons (Fsp3) is 0.667. The van der Waals surface area contributed by atoms with Gasteiger partial charge in [0.25, 0.3) is 0 Å². The number of thioether (sulfide) groups is 1.